The summed E-state index contributed by atoms with van der Waals surface area (Å²) < 4.78 is 36.4. The Kier molecular flexibility index (Phi) is 6.55. The van der Waals surface area contributed by atoms with Gasteiger partial charge in [0.25, 0.3) is 0 Å². The smallest absolute Gasteiger partial charge is 0.341 e. The summed E-state index contributed by atoms with van der Waals surface area (Å²) in [5.41, 5.74) is 0.401. The number of esters is 4. The zero-order chi connectivity index (χ0) is 35.9. The van der Waals surface area contributed by atoms with Crippen LogP contribution in [0.3, 0.4) is 0 Å². The van der Waals surface area contributed by atoms with Gasteiger partial charge >= 0.3 is 23.9 Å². The molecule has 0 bridgehead atoms. The van der Waals surface area contributed by atoms with Crippen LogP contribution in [0.2, 0.25) is 0 Å². The lowest BCUT2D eigenvalue weighted by molar-refractivity contribution is -0.355. The number of epoxide rings is 2. The molecule has 49 heavy (non-hydrogen) atoms. The number of hydrogen-bond acceptors (Lipinski definition) is 15. The van der Waals surface area contributed by atoms with E-state index in [0.29, 0.717) is 0 Å². The Morgan fingerprint density at radius 1 is 0.837 bits per heavy atom. The molecule has 0 amide bonds. The maximum Gasteiger partial charge on any atom is 0.341 e. The third kappa shape index (κ3) is 3.58. The number of nitrogens with two attached hydrogens (primary N) is 1. The summed E-state index contributed by atoms with van der Waals surface area (Å²) >= 11 is 0. The normalized spacial score (nSPS) is 59.7. The highest BCUT2D eigenvalue weighted by molar-refractivity contribution is 5.84. The van der Waals surface area contributed by atoms with Gasteiger partial charge in [0.1, 0.15) is 30.5 Å². The molecule has 3 heterocycles. The van der Waals surface area contributed by atoms with E-state index in [1.165, 1.54) is 27.7 Å². The highest BCUT2D eigenvalue weighted by atomic mass is 16.8. The molecule has 0 radical (unpaired) electrons. The van der Waals surface area contributed by atoms with Crippen molar-refractivity contribution in [3.63, 3.8) is 0 Å². The predicted molar refractivity (Wildman–Crippen MR) is 160 cm³/mol. The van der Waals surface area contributed by atoms with Gasteiger partial charge in [0.05, 0.1) is 23.7 Å². The summed E-state index contributed by atoms with van der Waals surface area (Å²) in [6.07, 6.45) is -6.45. The molecule has 0 aromatic carbocycles. The SMILES string of the molecule is CC(=O)O[C@H]1[C@@H]2[C@H]([C@H](C)[C@H]3O[C@]34OC(=O)[C@@](C)(O)[C@]24C)[C@]2(C)[C@@H]1C1C([C@H](OC(C)=O)[C@@H]2OC(C)=O)[C@]2(C)[C@H](C[C@@H]3O[C@@H]3[C@@H]2O)[C@H](N)C1(O)O. The Morgan fingerprint density at radius 3 is 2.00 bits per heavy atom. The van der Waals surface area contributed by atoms with Gasteiger partial charge in [0.2, 0.25) is 5.79 Å². The van der Waals surface area contributed by atoms with Gasteiger partial charge in [-0.25, -0.2) is 4.79 Å². The van der Waals surface area contributed by atoms with Gasteiger partial charge in [0, 0.05) is 55.3 Å². The second kappa shape index (κ2) is 9.52. The summed E-state index contributed by atoms with van der Waals surface area (Å²) in [5.74, 6) is -13.9. The molecule has 8 fully saturated rings. The average Bonchev–Trinajstić information content (AvgIpc) is 3.89. The standard InChI is InChI=1S/C34H47NO14/c1-10-16-20(31(7)32(8,41)28(40)49-34(31)26(10)48-34)22(44-11(2)36)18-17-19(23(45-12(3)37)27(30(16,18)6)46-13(4)38)29(5)14(24(35)33(17,42)43)9-15-21(47-15)25(29)39/h10,14-27,39,41-43H,9,35H2,1-8H3/t10-,14+,15-,16-,17?,18+,19?,20-,21-,22+,23-,24-,25-,26+,27-,29-,30+,31-,32+,34-/m0/s1. The number of aliphatic hydroxyl groups excluding tert-OH is 1. The van der Waals surface area contributed by atoms with Crippen molar-refractivity contribution < 1.29 is 68.0 Å². The molecule has 272 valence electrons. The molecule has 15 heteroatoms. The first kappa shape index (κ1) is 33.7. The molecule has 0 aromatic heterocycles. The van der Waals surface area contributed by atoms with Crippen LogP contribution >= 0.6 is 0 Å². The van der Waals surface area contributed by atoms with Crippen molar-refractivity contribution in [2.45, 2.75) is 128 Å². The number of hydrogen-bond donors (Lipinski definition) is 5. The van der Waals surface area contributed by atoms with E-state index >= 15 is 0 Å². The van der Waals surface area contributed by atoms with E-state index in [1.807, 2.05) is 6.92 Å². The highest BCUT2D eigenvalue weighted by Gasteiger charge is 2.94. The number of rotatable bonds is 3. The Balaban J connectivity index is 1.43. The molecule has 3 aliphatic heterocycles. The molecule has 8 aliphatic rings. The lowest BCUT2D eigenvalue weighted by atomic mass is 9.39. The fraction of sp³-hybridized carbons (Fsp3) is 0.882. The van der Waals surface area contributed by atoms with Crippen LogP contribution in [-0.4, -0.2) is 110 Å². The fourth-order valence-corrected chi connectivity index (χ4v) is 13.2. The number of carbonyl (C=O) groups excluding carboxylic acids is 4. The third-order valence-corrected chi connectivity index (χ3v) is 15.2. The molecule has 15 nitrogen and oxygen atoms in total. The van der Waals surface area contributed by atoms with Crippen LogP contribution in [0.25, 0.3) is 0 Å². The van der Waals surface area contributed by atoms with Crippen LogP contribution in [0.4, 0.5) is 0 Å². The minimum Gasteiger partial charge on any atom is -0.462 e. The van der Waals surface area contributed by atoms with Crippen molar-refractivity contribution in [1.82, 2.24) is 0 Å². The molecular formula is C34H47NO14. The molecule has 8 rings (SSSR count). The summed E-state index contributed by atoms with van der Waals surface area (Å²) in [5, 5.41) is 48.9. The zero-order valence-electron chi connectivity index (χ0n) is 28.8. The van der Waals surface area contributed by atoms with E-state index in [4.69, 9.17) is 34.2 Å². The first-order chi connectivity index (χ1) is 22.6. The van der Waals surface area contributed by atoms with Crippen LogP contribution in [0, 0.1) is 57.7 Å². The minimum atomic E-state index is -2.71. The van der Waals surface area contributed by atoms with Gasteiger partial charge in [0.15, 0.2) is 11.4 Å². The van der Waals surface area contributed by atoms with Crippen molar-refractivity contribution >= 4 is 23.9 Å². The summed E-state index contributed by atoms with van der Waals surface area (Å²) in [6.45, 7) is 12.0. The van der Waals surface area contributed by atoms with E-state index in [2.05, 4.69) is 0 Å². The molecule has 5 saturated carbocycles. The summed E-state index contributed by atoms with van der Waals surface area (Å²) in [7, 11) is 0. The van der Waals surface area contributed by atoms with Gasteiger partial charge in [-0.3, -0.25) is 14.4 Å². The number of carbonyl (C=O) groups is 4. The number of fused-ring (bicyclic) bond motifs is 9. The van der Waals surface area contributed by atoms with Gasteiger partial charge in [-0.2, -0.15) is 0 Å². The Labute approximate surface area is 283 Å². The van der Waals surface area contributed by atoms with Gasteiger partial charge in [-0.1, -0.05) is 20.8 Å². The molecule has 2 unspecified atom stereocenters. The average molecular weight is 694 g/mol. The summed E-state index contributed by atoms with van der Waals surface area (Å²) in [4.78, 5) is 52.7. The molecular weight excluding hydrogens is 646 g/mol. The lowest BCUT2D eigenvalue weighted by Gasteiger charge is -2.68. The van der Waals surface area contributed by atoms with Gasteiger partial charge < -0.3 is 54.6 Å². The van der Waals surface area contributed by atoms with Gasteiger partial charge in [-0.05, 0) is 38.0 Å². The van der Waals surface area contributed by atoms with Crippen molar-refractivity contribution in [2.75, 3.05) is 0 Å². The Bertz CT molecular complexity index is 1550. The maximum atomic E-state index is 13.4. The molecule has 0 aromatic rings. The number of ether oxygens (including phenoxy) is 6. The first-order valence-corrected chi connectivity index (χ1v) is 17.2. The maximum absolute atomic E-state index is 13.4. The van der Waals surface area contributed by atoms with Gasteiger partial charge in [-0.15, -0.1) is 0 Å². The topological polar surface area (TPSA) is 237 Å². The van der Waals surface area contributed by atoms with E-state index in [-0.39, 0.29) is 12.5 Å². The van der Waals surface area contributed by atoms with Crippen LogP contribution in [-0.2, 0) is 47.6 Å². The van der Waals surface area contributed by atoms with Crippen molar-refractivity contribution in [2.24, 2.45) is 63.4 Å². The van der Waals surface area contributed by atoms with E-state index < -0.39 is 141 Å². The third-order valence-electron chi connectivity index (χ3n) is 15.2. The first-order valence-electron chi connectivity index (χ1n) is 17.2. The number of aliphatic hydroxyl groups is 4. The van der Waals surface area contributed by atoms with Crippen molar-refractivity contribution in [3.05, 3.63) is 0 Å². The minimum absolute atomic E-state index is 0.288. The quantitative estimate of drug-likeness (QED) is 0.105. The predicted octanol–water partition coefficient (Wildman–Crippen LogP) is -0.869. The summed E-state index contributed by atoms with van der Waals surface area (Å²) in [6, 6.07) is -1.35. The van der Waals surface area contributed by atoms with Crippen LogP contribution < -0.4 is 5.73 Å². The zero-order valence-corrected chi connectivity index (χ0v) is 28.8. The second-order valence-electron chi connectivity index (χ2n) is 17.0. The Hall–Kier alpha value is -2.40. The largest absolute Gasteiger partial charge is 0.462 e. The van der Waals surface area contributed by atoms with Crippen molar-refractivity contribution in [3.8, 4) is 0 Å². The molecule has 6 N–H and O–H groups in total. The van der Waals surface area contributed by atoms with E-state index in [0.717, 1.165) is 0 Å². The molecule has 20 atom stereocenters. The Morgan fingerprint density at radius 2 is 1.41 bits per heavy atom. The van der Waals surface area contributed by atoms with Crippen molar-refractivity contribution in [1.29, 1.82) is 0 Å². The van der Waals surface area contributed by atoms with Crippen LogP contribution in [0.15, 0.2) is 0 Å². The lowest BCUT2D eigenvalue weighted by Crippen LogP contribution is -2.80. The fourth-order valence-electron chi connectivity index (χ4n) is 13.2. The van der Waals surface area contributed by atoms with E-state index in [9.17, 15) is 39.6 Å². The highest BCUT2D eigenvalue weighted by Crippen LogP contribution is 2.81. The second-order valence-corrected chi connectivity index (χ2v) is 17.0. The monoisotopic (exact) mass is 693 g/mol. The van der Waals surface area contributed by atoms with Crippen LogP contribution in [0.1, 0.15) is 61.8 Å². The molecule has 5 aliphatic carbocycles. The van der Waals surface area contributed by atoms with Crippen LogP contribution in [0.5, 0.6) is 0 Å². The molecule has 3 saturated heterocycles. The molecule has 1 spiro atoms. The van der Waals surface area contributed by atoms with E-state index in [1.54, 1.807) is 20.8 Å².